The van der Waals surface area contributed by atoms with Gasteiger partial charge in [0, 0.05) is 0 Å². The molecule has 0 radical (unpaired) electrons. The van der Waals surface area contributed by atoms with E-state index >= 15 is 0 Å². The van der Waals surface area contributed by atoms with E-state index in [1.807, 2.05) is 0 Å². The van der Waals surface area contributed by atoms with Gasteiger partial charge in [0.1, 0.15) is 0 Å². The van der Waals surface area contributed by atoms with E-state index in [0.717, 1.165) is 0 Å². The van der Waals surface area contributed by atoms with Crippen LogP contribution in [-0.2, 0) is 6.42 Å². The Balaban J connectivity index is 2.00. The SMILES string of the molecule is C/C=C\CCCc1ccc(-c2ccc(C)cc2)cc1. The van der Waals surface area contributed by atoms with Gasteiger partial charge in [-0.15, -0.1) is 0 Å². The molecular weight excluding hydrogens is 228 g/mol. The first-order chi connectivity index (χ1) is 9.29. The topological polar surface area (TPSA) is 0 Å². The van der Waals surface area contributed by atoms with Crippen LogP contribution >= 0.6 is 0 Å². The van der Waals surface area contributed by atoms with Gasteiger partial charge in [0.05, 0.1) is 0 Å². The third kappa shape index (κ3) is 4.10. The molecule has 0 aliphatic heterocycles. The van der Waals surface area contributed by atoms with Crippen molar-refractivity contribution in [2.45, 2.75) is 33.1 Å². The fraction of sp³-hybridized carbons (Fsp3) is 0.263. The van der Waals surface area contributed by atoms with Crippen LogP contribution in [-0.4, -0.2) is 0 Å². The molecule has 0 nitrogen and oxygen atoms in total. The molecule has 0 atom stereocenters. The first kappa shape index (κ1) is 13.6. The Labute approximate surface area is 116 Å². The molecule has 0 aromatic heterocycles. The lowest BCUT2D eigenvalue weighted by atomic mass is 10.0. The van der Waals surface area contributed by atoms with E-state index in [9.17, 15) is 0 Å². The van der Waals surface area contributed by atoms with Crippen molar-refractivity contribution in [3.05, 3.63) is 71.8 Å². The molecule has 0 N–H and O–H groups in total. The molecule has 0 amide bonds. The molecule has 0 unspecified atom stereocenters. The Kier molecular flexibility index (Phi) is 4.97. The van der Waals surface area contributed by atoms with E-state index in [2.05, 4.69) is 74.5 Å². The number of benzene rings is 2. The van der Waals surface area contributed by atoms with Crippen LogP contribution in [0.15, 0.2) is 60.7 Å². The fourth-order valence-corrected chi connectivity index (χ4v) is 2.20. The van der Waals surface area contributed by atoms with Gasteiger partial charge < -0.3 is 0 Å². The minimum absolute atomic E-state index is 1.17. The van der Waals surface area contributed by atoms with Gasteiger partial charge in [-0.1, -0.05) is 66.2 Å². The Morgan fingerprint density at radius 3 is 2.00 bits per heavy atom. The molecule has 2 aromatic rings. The quantitative estimate of drug-likeness (QED) is 0.481. The van der Waals surface area contributed by atoms with Crippen LogP contribution in [0.25, 0.3) is 11.1 Å². The van der Waals surface area contributed by atoms with E-state index in [1.165, 1.54) is 41.5 Å². The van der Waals surface area contributed by atoms with E-state index < -0.39 is 0 Å². The summed E-state index contributed by atoms with van der Waals surface area (Å²) < 4.78 is 0. The summed E-state index contributed by atoms with van der Waals surface area (Å²) in [5.41, 5.74) is 5.34. The zero-order chi connectivity index (χ0) is 13.5. The van der Waals surface area contributed by atoms with Crippen LogP contribution < -0.4 is 0 Å². The predicted molar refractivity (Wildman–Crippen MR) is 84.4 cm³/mol. The average Bonchev–Trinajstić information content (AvgIpc) is 2.45. The lowest BCUT2D eigenvalue weighted by Crippen LogP contribution is -1.85. The third-order valence-corrected chi connectivity index (χ3v) is 3.41. The standard InChI is InChI=1S/C19H22/c1-3-4-5-6-7-17-10-14-19(15-11-17)18-12-8-16(2)9-13-18/h3-4,8-15H,5-7H2,1-2H3/b4-3-. The van der Waals surface area contributed by atoms with E-state index in [0.29, 0.717) is 0 Å². The smallest absolute Gasteiger partial charge is 0.0184 e. The minimum atomic E-state index is 1.17. The average molecular weight is 250 g/mol. The second-order valence-corrected chi connectivity index (χ2v) is 5.02. The summed E-state index contributed by atoms with van der Waals surface area (Å²) in [6.07, 6.45) is 7.93. The van der Waals surface area contributed by atoms with E-state index in [-0.39, 0.29) is 0 Å². The first-order valence-corrected chi connectivity index (χ1v) is 7.07. The fourth-order valence-electron chi connectivity index (χ4n) is 2.20. The summed E-state index contributed by atoms with van der Waals surface area (Å²) in [4.78, 5) is 0. The number of hydrogen-bond donors (Lipinski definition) is 0. The summed E-state index contributed by atoms with van der Waals surface area (Å²) in [5.74, 6) is 0. The Hall–Kier alpha value is -1.82. The highest BCUT2D eigenvalue weighted by Gasteiger charge is 1.98. The summed E-state index contributed by atoms with van der Waals surface area (Å²) in [6, 6.07) is 17.7. The molecule has 98 valence electrons. The zero-order valence-electron chi connectivity index (χ0n) is 11.9. The maximum Gasteiger partial charge on any atom is -0.0184 e. The zero-order valence-corrected chi connectivity index (χ0v) is 11.9. The van der Waals surface area contributed by atoms with Crippen molar-refractivity contribution in [2.24, 2.45) is 0 Å². The number of unbranched alkanes of at least 4 members (excludes halogenated alkanes) is 1. The second kappa shape index (κ2) is 6.94. The largest absolute Gasteiger partial charge is 0.0917 e. The van der Waals surface area contributed by atoms with E-state index in [1.54, 1.807) is 0 Å². The van der Waals surface area contributed by atoms with Crippen LogP contribution in [0.2, 0.25) is 0 Å². The molecule has 2 aromatic carbocycles. The summed E-state index contributed by atoms with van der Waals surface area (Å²) in [6.45, 7) is 4.20. The van der Waals surface area contributed by atoms with Crippen molar-refractivity contribution in [1.82, 2.24) is 0 Å². The number of hydrogen-bond acceptors (Lipinski definition) is 0. The van der Waals surface area contributed by atoms with Gasteiger partial charge in [0.25, 0.3) is 0 Å². The third-order valence-electron chi connectivity index (χ3n) is 3.41. The molecule has 0 heteroatoms. The Morgan fingerprint density at radius 1 is 0.842 bits per heavy atom. The van der Waals surface area contributed by atoms with Gasteiger partial charge in [0.15, 0.2) is 0 Å². The normalized spacial score (nSPS) is 11.1. The van der Waals surface area contributed by atoms with Crippen molar-refractivity contribution in [1.29, 1.82) is 0 Å². The number of aryl methyl sites for hydroxylation is 2. The highest BCUT2D eigenvalue weighted by atomic mass is 14.0. The van der Waals surface area contributed by atoms with Crippen molar-refractivity contribution >= 4 is 0 Å². The van der Waals surface area contributed by atoms with Crippen molar-refractivity contribution in [3.63, 3.8) is 0 Å². The maximum atomic E-state index is 2.25. The number of allylic oxidation sites excluding steroid dienone is 2. The van der Waals surface area contributed by atoms with Gasteiger partial charge in [-0.3, -0.25) is 0 Å². The van der Waals surface area contributed by atoms with Crippen LogP contribution in [0.5, 0.6) is 0 Å². The van der Waals surface area contributed by atoms with Crippen molar-refractivity contribution < 1.29 is 0 Å². The summed E-state index contributed by atoms with van der Waals surface area (Å²) >= 11 is 0. The van der Waals surface area contributed by atoms with E-state index in [4.69, 9.17) is 0 Å². The highest BCUT2D eigenvalue weighted by molar-refractivity contribution is 5.63. The molecule has 2 rings (SSSR count). The molecular formula is C19H22. The molecule has 0 fully saturated rings. The highest BCUT2D eigenvalue weighted by Crippen LogP contribution is 2.20. The number of rotatable bonds is 5. The van der Waals surface area contributed by atoms with Gasteiger partial charge >= 0.3 is 0 Å². The molecule has 0 aliphatic carbocycles. The van der Waals surface area contributed by atoms with Crippen LogP contribution in [0.4, 0.5) is 0 Å². The van der Waals surface area contributed by atoms with Crippen molar-refractivity contribution in [2.75, 3.05) is 0 Å². The van der Waals surface area contributed by atoms with Crippen LogP contribution in [0.3, 0.4) is 0 Å². The molecule has 0 saturated heterocycles. The summed E-state index contributed by atoms with van der Waals surface area (Å²) in [5, 5.41) is 0. The van der Waals surface area contributed by atoms with Gasteiger partial charge in [0.2, 0.25) is 0 Å². The minimum Gasteiger partial charge on any atom is -0.0917 e. The molecule has 0 aliphatic rings. The van der Waals surface area contributed by atoms with Gasteiger partial charge in [-0.2, -0.15) is 0 Å². The molecule has 0 saturated carbocycles. The maximum absolute atomic E-state index is 2.25. The van der Waals surface area contributed by atoms with Crippen LogP contribution in [0, 0.1) is 6.92 Å². The monoisotopic (exact) mass is 250 g/mol. The molecule has 0 spiro atoms. The Bertz CT molecular complexity index is 515. The van der Waals surface area contributed by atoms with Gasteiger partial charge in [-0.05, 0) is 49.8 Å². The summed E-state index contributed by atoms with van der Waals surface area (Å²) in [7, 11) is 0. The lowest BCUT2D eigenvalue weighted by molar-refractivity contribution is 0.842. The first-order valence-electron chi connectivity index (χ1n) is 7.07. The molecule has 0 heterocycles. The second-order valence-electron chi connectivity index (χ2n) is 5.02. The molecule has 19 heavy (non-hydrogen) atoms. The van der Waals surface area contributed by atoms with Crippen LogP contribution in [0.1, 0.15) is 30.9 Å². The Morgan fingerprint density at radius 2 is 1.42 bits per heavy atom. The molecule has 0 bridgehead atoms. The predicted octanol–water partition coefficient (Wildman–Crippen LogP) is 5.56. The lowest BCUT2D eigenvalue weighted by Gasteiger charge is -2.05. The van der Waals surface area contributed by atoms with Gasteiger partial charge in [-0.25, -0.2) is 0 Å². The van der Waals surface area contributed by atoms with Crippen molar-refractivity contribution in [3.8, 4) is 11.1 Å².